The molecule has 0 saturated heterocycles. The topological polar surface area (TPSA) is 62.7 Å². The van der Waals surface area contributed by atoms with Gasteiger partial charge < -0.3 is 5.73 Å². The van der Waals surface area contributed by atoms with Gasteiger partial charge in [0.2, 0.25) is 0 Å². The SMILES string of the molecule is N#Cc1cccc(-c2ncccc2N)c1F. The van der Waals surface area contributed by atoms with E-state index in [0.29, 0.717) is 11.4 Å². The van der Waals surface area contributed by atoms with E-state index < -0.39 is 5.82 Å². The average Bonchev–Trinajstić information content (AvgIpc) is 2.31. The first-order chi connectivity index (χ1) is 7.74. The predicted molar refractivity (Wildman–Crippen MR) is 58.8 cm³/mol. The summed E-state index contributed by atoms with van der Waals surface area (Å²) in [5.41, 5.74) is 6.68. The summed E-state index contributed by atoms with van der Waals surface area (Å²) in [6.07, 6.45) is 1.53. The van der Waals surface area contributed by atoms with Crippen molar-refractivity contribution in [2.45, 2.75) is 0 Å². The molecule has 0 unspecified atom stereocenters. The molecule has 2 N–H and O–H groups in total. The van der Waals surface area contributed by atoms with E-state index in [1.165, 1.54) is 12.3 Å². The quantitative estimate of drug-likeness (QED) is 0.790. The lowest BCUT2D eigenvalue weighted by Crippen LogP contribution is -1.96. The van der Waals surface area contributed by atoms with E-state index in [2.05, 4.69) is 4.98 Å². The number of hydrogen-bond acceptors (Lipinski definition) is 3. The van der Waals surface area contributed by atoms with Crippen LogP contribution in [-0.2, 0) is 0 Å². The van der Waals surface area contributed by atoms with Crippen molar-refractivity contribution in [2.75, 3.05) is 5.73 Å². The third-order valence-electron chi connectivity index (χ3n) is 2.21. The standard InChI is InChI=1S/C12H8FN3/c13-11-8(7-14)3-1-4-9(11)12-10(15)5-2-6-16-12/h1-6H,15H2. The smallest absolute Gasteiger partial charge is 0.150 e. The summed E-state index contributed by atoms with van der Waals surface area (Å²) in [6.45, 7) is 0. The van der Waals surface area contributed by atoms with Gasteiger partial charge in [0.25, 0.3) is 0 Å². The Morgan fingerprint density at radius 3 is 2.75 bits per heavy atom. The second kappa shape index (κ2) is 3.99. The molecule has 2 rings (SSSR count). The van der Waals surface area contributed by atoms with E-state index in [0.717, 1.165) is 0 Å². The van der Waals surface area contributed by atoms with E-state index in [9.17, 15) is 4.39 Å². The van der Waals surface area contributed by atoms with E-state index in [1.54, 1.807) is 30.3 Å². The summed E-state index contributed by atoms with van der Waals surface area (Å²) in [6, 6.07) is 9.66. The van der Waals surface area contributed by atoms with Gasteiger partial charge in [-0.15, -0.1) is 0 Å². The Kier molecular flexibility index (Phi) is 2.52. The Hall–Kier alpha value is -2.41. The number of rotatable bonds is 1. The molecular formula is C12H8FN3. The van der Waals surface area contributed by atoms with Gasteiger partial charge in [-0.25, -0.2) is 4.39 Å². The van der Waals surface area contributed by atoms with Gasteiger partial charge in [0.05, 0.1) is 16.9 Å². The number of nitrogens with zero attached hydrogens (tertiary/aromatic N) is 2. The van der Waals surface area contributed by atoms with Gasteiger partial charge in [-0.1, -0.05) is 6.07 Å². The zero-order valence-electron chi connectivity index (χ0n) is 8.31. The van der Waals surface area contributed by atoms with Gasteiger partial charge >= 0.3 is 0 Å². The monoisotopic (exact) mass is 213 g/mol. The van der Waals surface area contributed by atoms with Crippen LogP contribution < -0.4 is 5.73 Å². The van der Waals surface area contributed by atoms with E-state index in [4.69, 9.17) is 11.0 Å². The lowest BCUT2D eigenvalue weighted by atomic mass is 10.1. The van der Waals surface area contributed by atoms with Crippen LogP contribution in [0.1, 0.15) is 5.56 Å². The zero-order valence-corrected chi connectivity index (χ0v) is 8.31. The Morgan fingerprint density at radius 2 is 2.06 bits per heavy atom. The minimum Gasteiger partial charge on any atom is -0.397 e. The van der Waals surface area contributed by atoms with Crippen molar-refractivity contribution in [3.05, 3.63) is 47.9 Å². The molecular weight excluding hydrogens is 205 g/mol. The molecule has 0 aliphatic carbocycles. The Balaban J connectivity index is 2.67. The molecule has 16 heavy (non-hydrogen) atoms. The van der Waals surface area contributed by atoms with Gasteiger partial charge in [0.15, 0.2) is 0 Å². The number of hydrogen-bond donors (Lipinski definition) is 1. The van der Waals surface area contributed by atoms with Crippen molar-refractivity contribution in [1.82, 2.24) is 4.98 Å². The first kappa shape index (κ1) is 10.1. The lowest BCUT2D eigenvalue weighted by Gasteiger charge is -2.05. The molecule has 3 nitrogen and oxygen atoms in total. The predicted octanol–water partition coefficient (Wildman–Crippen LogP) is 2.34. The van der Waals surface area contributed by atoms with Crippen molar-refractivity contribution in [1.29, 1.82) is 5.26 Å². The molecule has 1 aromatic heterocycles. The summed E-state index contributed by atoms with van der Waals surface area (Å²) in [4.78, 5) is 4.01. The highest BCUT2D eigenvalue weighted by atomic mass is 19.1. The highest BCUT2D eigenvalue weighted by Gasteiger charge is 2.12. The molecule has 0 bridgehead atoms. The largest absolute Gasteiger partial charge is 0.397 e. The molecule has 78 valence electrons. The fourth-order valence-corrected chi connectivity index (χ4v) is 1.44. The fraction of sp³-hybridized carbons (Fsp3) is 0. The van der Waals surface area contributed by atoms with Crippen molar-refractivity contribution in [3.63, 3.8) is 0 Å². The van der Waals surface area contributed by atoms with Crippen LogP contribution in [0, 0.1) is 17.1 Å². The van der Waals surface area contributed by atoms with Crippen LogP contribution in [0.3, 0.4) is 0 Å². The molecule has 0 aliphatic heterocycles. The molecule has 2 aromatic rings. The van der Waals surface area contributed by atoms with Crippen molar-refractivity contribution >= 4 is 5.69 Å². The summed E-state index contributed by atoms with van der Waals surface area (Å²) in [5.74, 6) is -0.588. The summed E-state index contributed by atoms with van der Waals surface area (Å²) in [5, 5.41) is 8.72. The maximum Gasteiger partial charge on any atom is 0.150 e. The molecule has 0 spiro atoms. The van der Waals surface area contributed by atoms with Crippen LogP contribution in [-0.4, -0.2) is 4.98 Å². The number of pyridine rings is 1. The number of aromatic nitrogens is 1. The minimum atomic E-state index is -0.588. The van der Waals surface area contributed by atoms with Crippen LogP contribution in [0.4, 0.5) is 10.1 Å². The molecule has 0 amide bonds. The first-order valence-corrected chi connectivity index (χ1v) is 4.63. The molecule has 1 heterocycles. The van der Waals surface area contributed by atoms with Gasteiger partial charge in [0.1, 0.15) is 11.9 Å². The number of anilines is 1. The second-order valence-electron chi connectivity index (χ2n) is 3.22. The van der Waals surface area contributed by atoms with Crippen LogP contribution in [0.2, 0.25) is 0 Å². The normalized spacial score (nSPS) is 9.75. The third-order valence-corrected chi connectivity index (χ3v) is 2.21. The molecule has 1 aromatic carbocycles. The number of benzene rings is 1. The second-order valence-corrected chi connectivity index (χ2v) is 3.22. The van der Waals surface area contributed by atoms with Crippen LogP contribution in [0.5, 0.6) is 0 Å². The van der Waals surface area contributed by atoms with E-state index in [1.807, 2.05) is 0 Å². The van der Waals surface area contributed by atoms with Crippen molar-refractivity contribution in [3.8, 4) is 17.3 Å². The molecule has 0 fully saturated rings. The summed E-state index contributed by atoms with van der Waals surface area (Å²) < 4.78 is 13.8. The highest BCUT2D eigenvalue weighted by molar-refractivity contribution is 5.73. The molecule has 0 saturated carbocycles. The van der Waals surface area contributed by atoms with E-state index >= 15 is 0 Å². The number of nitriles is 1. The fourth-order valence-electron chi connectivity index (χ4n) is 1.44. The average molecular weight is 213 g/mol. The molecule has 0 aliphatic rings. The Labute approximate surface area is 92.0 Å². The molecule has 0 radical (unpaired) electrons. The maximum absolute atomic E-state index is 13.8. The van der Waals surface area contributed by atoms with Gasteiger partial charge in [-0.2, -0.15) is 5.26 Å². The number of nitrogens with two attached hydrogens (primary N) is 1. The minimum absolute atomic E-state index is 0.0115. The number of nitrogen functional groups attached to an aromatic ring is 1. The maximum atomic E-state index is 13.8. The van der Waals surface area contributed by atoms with Crippen LogP contribution >= 0.6 is 0 Å². The van der Waals surface area contributed by atoms with Crippen LogP contribution in [0.25, 0.3) is 11.3 Å². The Bertz CT molecular complexity index is 573. The van der Waals surface area contributed by atoms with Crippen LogP contribution in [0.15, 0.2) is 36.5 Å². The highest BCUT2D eigenvalue weighted by Crippen LogP contribution is 2.26. The lowest BCUT2D eigenvalue weighted by molar-refractivity contribution is 0.627. The summed E-state index contributed by atoms with van der Waals surface area (Å²) in [7, 11) is 0. The van der Waals surface area contributed by atoms with Crippen molar-refractivity contribution < 1.29 is 4.39 Å². The zero-order chi connectivity index (χ0) is 11.5. The molecule has 0 atom stereocenters. The van der Waals surface area contributed by atoms with Gasteiger partial charge in [-0.3, -0.25) is 4.98 Å². The Morgan fingerprint density at radius 1 is 1.25 bits per heavy atom. The molecule has 4 heteroatoms. The third kappa shape index (κ3) is 1.59. The van der Waals surface area contributed by atoms with Crippen molar-refractivity contribution in [2.24, 2.45) is 0 Å². The summed E-state index contributed by atoms with van der Waals surface area (Å²) >= 11 is 0. The number of halogens is 1. The van der Waals surface area contributed by atoms with E-state index in [-0.39, 0.29) is 11.1 Å². The van der Waals surface area contributed by atoms with Gasteiger partial charge in [-0.05, 0) is 24.3 Å². The first-order valence-electron chi connectivity index (χ1n) is 4.63. The van der Waals surface area contributed by atoms with Gasteiger partial charge in [0, 0.05) is 11.8 Å².